The number of carbonyl (C=O) groups is 1. The number of rotatable bonds is 3. The van der Waals surface area contributed by atoms with Crippen molar-refractivity contribution >= 4 is 35.2 Å². The fourth-order valence-electron chi connectivity index (χ4n) is 5.88. The Labute approximate surface area is 158 Å². The minimum Gasteiger partial charge on any atom is -0.335 e. The normalized spacial score (nSPS) is 36.6. The molecule has 2 bridgehead atoms. The second-order valence-electron chi connectivity index (χ2n) is 8.06. The maximum atomic E-state index is 12.5. The number of carbonyl (C=O) groups excluding carboxylic acids is 1. The van der Waals surface area contributed by atoms with Gasteiger partial charge in [-0.05, 0) is 67.1 Å². The van der Waals surface area contributed by atoms with Gasteiger partial charge in [0.15, 0.2) is 0 Å². The molecule has 3 nitrogen and oxygen atoms in total. The zero-order chi connectivity index (χ0) is 16.8. The van der Waals surface area contributed by atoms with E-state index in [0.29, 0.717) is 10.6 Å². The lowest BCUT2D eigenvalue weighted by Crippen LogP contribution is -2.44. The Hall–Kier alpha value is -0.810. The van der Waals surface area contributed by atoms with Gasteiger partial charge < -0.3 is 10.6 Å². The van der Waals surface area contributed by atoms with Crippen molar-refractivity contribution in [2.24, 2.45) is 23.7 Å². The van der Waals surface area contributed by atoms with E-state index in [4.69, 9.17) is 0 Å². The first kappa shape index (κ1) is 16.4. The molecule has 1 aromatic rings. The van der Waals surface area contributed by atoms with Gasteiger partial charge in [0.25, 0.3) is 0 Å². The van der Waals surface area contributed by atoms with Gasteiger partial charge in [-0.25, -0.2) is 4.79 Å². The highest BCUT2D eigenvalue weighted by molar-refractivity contribution is 8.19. The molecule has 1 aliphatic heterocycles. The summed E-state index contributed by atoms with van der Waals surface area (Å²) in [6.07, 6.45) is 6.80. The number of hydrogen-bond donors (Lipinski definition) is 2. The Morgan fingerprint density at radius 1 is 1.04 bits per heavy atom. The van der Waals surface area contributed by atoms with Crippen molar-refractivity contribution in [3.63, 3.8) is 0 Å². The third-order valence-electron chi connectivity index (χ3n) is 6.78. The van der Waals surface area contributed by atoms with Crippen molar-refractivity contribution in [2.75, 3.05) is 16.8 Å². The minimum atomic E-state index is -0.0176. The first-order chi connectivity index (χ1) is 12.3. The summed E-state index contributed by atoms with van der Waals surface area (Å²) in [5.74, 6) is 5.93. The van der Waals surface area contributed by atoms with Crippen LogP contribution in [0.2, 0.25) is 0 Å². The number of hydrogen-bond acceptors (Lipinski definition) is 3. The van der Waals surface area contributed by atoms with Gasteiger partial charge in [0.1, 0.15) is 0 Å². The number of benzene rings is 1. The van der Waals surface area contributed by atoms with Gasteiger partial charge in [0.05, 0.1) is 4.58 Å². The first-order valence-electron chi connectivity index (χ1n) is 9.68. The van der Waals surface area contributed by atoms with E-state index in [1.807, 2.05) is 29.6 Å². The van der Waals surface area contributed by atoms with Gasteiger partial charge in [-0.2, -0.15) is 0 Å². The largest absolute Gasteiger partial charge is 0.335 e. The van der Waals surface area contributed by atoms with Crippen molar-refractivity contribution in [2.45, 2.75) is 42.7 Å². The van der Waals surface area contributed by atoms with Crippen LogP contribution in [0.25, 0.3) is 0 Å². The van der Waals surface area contributed by atoms with Crippen LogP contribution in [0.4, 0.5) is 10.5 Å². The van der Waals surface area contributed by atoms with Gasteiger partial charge in [-0.15, -0.1) is 23.5 Å². The highest BCUT2D eigenvalue weighted by Gasteiger charge is 2.54. The molecule has 134 valence electrons. The lowest BCUT2D eigenvalue weighted by atomic mass is 9.79. The molecular weight excluding hydrogens is 348 g/mol. The van der Waals surface area contributed by atoms with E-state index in [1.165, 1.54) is 49.2 Å². The van der Waals surface area contributed by atoms with Crippen LogP contribution in [0.15, 0.2) is 24.3 Å². The molecular formula is C20H26N2OS2. The fraction of sp³-hybridized carbons (Fsp3) is 0.650. The lowest BCUT2D eigenvalue weighted by molar-refractivity contribution is 0.203. The van der Waals surface area contributed by atoms with Crippen LogP contribution in [0, 0.1) is 23.7 Å². The Morgan fingerprint density at radius 2 is 1.88 bits per heavy atom. The summed E-state index contributed by atoms with van der Waals surface area (Å²) in [5.41, 5.74) is 2.24. The molecule has 1 aromatic carbocycles. The predicted octanol–water partition coefficient (Wildman–Crippen LogP) is 5.11. The molecule has 0 radical (unpaired) electrons. The molecule has 2 N–H and O–H groups in total. The van der Waals surface area contributed by atoms with Gasteiger partial charge in [-0.3, -0.25) is 0 Å². The average Bonchev–Trinajstić information content (AvgIpc) is 3.37. The zero-order valence-electron chi connectivity index (χ0n) is 14.4. The molecule has 25 heavy (non-hydrogen) atoms. The van der Waals surface area contributed by atoms with Crippen molar-refractivity contribution < 1.29 is 4.79 Å². The first-order valence-corrected chi connectivity index (χ1v) is 11.8. The standard InChI is InChI=1S/C20H26N2OS2/c23-20(21-14-4-1-3-12(9-14)19-24-7-8-25-19)22-18-11-13-10-17(18)16-6-2-5-15(13)16/h1,3-4,9,13,15-19H,2,5-8,10-11H2,(H2,21,22,23). The van der Waals surface area contributed by atoms with Crippen LogP contribution in [0.3, 0.4) is 0 Å². The van der Waals surface area contributed by atoms with Crippen molar-refractivity contribution in [3.8, 4) is 0 Å². The maximum Gasteiger partial charge on any atom is 0.319 e. The molecule has 0 aromatic heterocycles. The summed E-state index contributed by atoms with van der Waals surface area (Å²) in [7, 11) is 0. The highest BCUT2D eigenvalue weighted by atomic mass is 32.2. The quantitative estimate of drug-likeness (QED) is 0.772. The molecule has 3 saturated carbocycles. The monoisotopic (exact) mass is 374 g/mol. The lowest BCUT2D eigenvalue weighted by Gasteiger charge is -2.32. The highest BCUT2D eigenvalue weighted by Crippen LogP contribution is 2.58. The molecule has 5 atom stereocenters. The number of anilines is 1. The van der Waals surface area contributed by atoms with Crippen LogP contribution in [0.5, 0.6) is 0 Å². The van der Waals surface area contributed by atoms with E-state index in [9.17, 15) is 4.79 Å². The topological polar surface area (TPSA) is 41.1 Å². The third kappa shape index (κ3) is 3.08. The van der Waals surface area contributed by atoms with Crippen LogP contribution < -0.4 is 10.6 Å². The number of amides is 2. The van der Waals surface area contributed by atoms with Crippen LogP contribution in [-0.4, -0.2) is 23.6 Å². The van der Waals surface area contributed by atoms with Gasteiger partial charge in [0.2, 0.25) is 0 Å². The Bertz CT molecular complexity index is 661. The summed E-state index contributed by atoms with van der Waals surface area (Å²) in [6.45, 7) is 0. The molecule has 4 aliphatic rings. The molecule has 3 aliphatic carbocycles. The summed E-state index contributed by atoms with van der Waals surface area (Å²) in [6, 6.07) is 8.76. The molecule has 1 heterocycles. The third-order valence-corrected chi connectivity index (χ3v) is 9.89. The second-order valence-corrected chi connectivity index (χ2v) is 10.8. The number of urea groups is 1. The molecule has 2 amide bonds. The smallest absolute Gasteiger partial charge is 0.319 e. The SMILES string of the molecule is O=C(Nc1cccc(C2SCCS2)c1)NC1CC2CC1C1CCCC21. The maximum absolute atomic E-state index is 12.5. The number of thioether (sulfide) groups is 2. The van der Waals surface area contributed by atoms with Crippen molar-refractivity contribution in [3.05, 3.63) is 29.8 Å². The van der Waals surface area contributed by atoms with Crippen LogP contribution in [-0.2, 0) is 0 Å². The number of nitrogens with one attached hydrogen (secondary N) is 2. The zero-order valence-corrected chi connectivity index (χ0v) is 16.1. The fourth-order valence-corrected chi connectivity index (χ4v) is 8.72. The summed E-state index contributed by atoms with van der Waals surface area (Å²) < 4.78 is 0.523. The van der Waals surface area contributed by atoms with E-state index >= 15 is 0 Å². The molecule has 5 rings (SSSR count). The van der Waals surface area contributed by atoms with Crippen LogP contribution >= 0.6 is 23.5 Å². The minimum absolute atomic E-state index is 0.0176. The summed E-state index contributed by atoms with van der Waals surface area (Å²) in [5, 5.41) is 6.38. The Balaban J connectivity index is 1.21. The molecule has 4 fully saturated rings. The molecule has 1 saturated heterocycles. The van der Waals surface area contributed by atoms with E-state index in [-0.39, 0.29) is 6.03 Å². The average molecular weight is 375 g/mol. The van der Waals surface area contributed by atoms with E-state index in [0.717, 1.165) is 29.4 Å². The van der Waals surface area contributed by atoms with Gasteiger partial charge >= 0.3 is 6.03 Å². The predicted molar refractivity (Wildman–Crippen MR) is 107 cm³/mol. The van der Waals surface area contributed by atoms with Gasteiger partial charge in [0, 0.05) is 23.2 Å². The van der Waals surface area contributed by atoms with Gasteiger partial charge in [-0.1, -0.05) is 18.6 Å². The second kappa shape index (κ2) is 6.73. The van der Waals surface area contributed by atoms with Crippen molar-refractivity contribution in [1.29, 1.82) is 0 Å². The van der Waals surface area contributed by atoms with Crippen molar-refractivity contribution in [1.82, 2.24) is 5.32 Å². The van der Waals surface area contributed by atoms with E-state index in [2.05, 4.69) is 28.8 Å². The van der Waals surface area contributed by atoms with E-state index in [1.54, 1.807) is 0 Å². The Kier molecular flexibility index (Phi) is 4.41. The van der Waals surface area contributed by atoms with Crippen LogP contribution in [0.1, 0.15) is 42.2 Å². The summed E-state index contributed by atoms with van der Waals surface area (Å²) >= 11 is 4.00. The molecule has 5 unspecified atom stereocenters. The summed E-state index contributed by atoms with van der Waals surface area (Å²) in [4.78, 5) is 12.5. The van der Waals surface area contributed by atoms with E-state index < -0.39 is 0 Å². The molecule has 5 heteroatoms. The molecule has 0 spiro atoms. The number of fused-ring (bicyclic) bond motifs is 5. The Morgan fingerprint density at radius 3 is 2.76 bits per heavy atom.